The molecule has 0 aromatic rings. The summed E-state index contributed by atoms with van der Waals surface area (Å²) in [5, 5.41) is 0. The number of hydrazine groups is 1. The lowest BCUT2D eigenvalue weighted by Gasteiger charge is -2.03. The van der Waals surface area contributed by atoms with Crippen LogP contribution < -0.4 is 10.9 Å². The Balaban J connectivity index is 2.26. The molecule has 2 nitrogen and oxygen atoms in total. The highest BCUT2D eigenvalue weighted by atomic mass is 15.3. The van der Waals surface area contributed by atoms with Gasteiger partial charge in [-0.1, -0.05) is 6.08 Å². The Morgan fingerprint density at radius 1 is 1.50 bits per heavy atom. The van der Waals surface area contributed by atoms with Crippen molar-refractivity contribution in [1.29, 1.82) is 0 Å². The molecule has 1 rings (SSSR count). The molecular formula is C4H7N2. The maximum atomic E-state index is 2.99. The average Bonchev–Trinajstić information content (AvgIpc) is 1.72. The Hall–Kier alpha value is -0.340. The van der Waals surface area contributed by atoms with E-state index in [9.17, 15) is 0 Å². The summed E-state index contributed by atoms with van der Waals surface area (Å²) in [7, 11) is 0. The third-order valence-electron chi connectivity index (χ3n) is 0.664. The van der Waals surface area contributed by atoms with E-state index in [1.54, 1.807) is 0 Å². The number of nitrogens with one attached hydrogen (secondary N) is 2. The van der Waals surface area contributed by atoms with Crippen molar-refractivity contribution in [2.45, 2.75) is 0 Å². The molecular weight excluding hydrogens is 76.1 g/mol. The zero-order valence-corrected chi connectivity index (χ0v) is 3.49. The predicted octanol–water partition coefficient (Wildman–Crippen LogP) is -0.546. The van der Waals surface area contributed by atoms with E-state index in [2.05, 4.69) is 16.9 Å². The van der Waals surface area contributed by atoms with Crippen LogP contribution in [-0.2, 0) is 0 Å². The second-order valence-corrected chi connectivity index (χ2v) is 1.14. The lowest BCUT2D eigenvalue weighted by molar-refractivity contribution is 0.583. The van der Waals surface area contributed by atoms with Crippen LogP contribution in [0.15, 0.2) is 6.08 Å². The Morgan fingerprint density at radius 2 is 2.50 bits per heavy atom. The van der Waals surface area contributed by atoms with Gasteiger partial charge in [0.15, 0.2) is 0 Å². The first-order chi connectivity index (χ1) is 3.00. The third kappa shape index (κ3) is 0.808. The molecule has 2 N–H and O–H groups in total. The first kappa shape index (κ1) is 3.84. The van der Waals surface area contributed by atoms with E-state index in [0.29, 0.717) is 0 Å². The highest BCUT2D eigenvalue weighted by Crippen LogP contribution is 1.69. The molecule has 33 valence electrons. The van der Waals surface area contributed by atoms with Crippen LogP contribution in [0.4, 0.5) is 0 Å². The smallest absolute Gasteiger partial charge is 0.0351 e. The molecule has 6 heavy (non-hydrogen) atoms. The lowest BCUT2D eigenvalue weighted by Crippen LogP contribution is -2.34. The number of hydrogen-bond acceptors (Lipinski definition) is 2. The van der Waals surface area contributed by atoms with Crippen molar-refractivity contribution >= 4 is 0 Å². The van der Waals surface area contributed by atoms with Gasteiger partial charge in [-0.15, -0.1) is 0 Å². The standard InChI is InChI=1S/C4H7N2/c1-2-4-6-5-3-1/h1,5-6H,3-4H2. The minimum atomic E-state index is 0.833. The normalized spacial score (nSPS) is 21.3. The van der Waals surface area contributed by atoms with Crippen molar-refractivity contribution < 1.29 is 0 Å². The van der Waals surface area contributed by atoms with E-state index < -0.39 is 0 Å². The lowest BCUT2D eigenvalue weighted by atomic mass is 10.5. The molecule has 1 radical (unpaired) electrons. The van der Waals surface area contributed by atoms with Crippen LogP contribution in [0.1, 0.15) is 0 Å². The van der Waals surface area contributed by atoms with E-state index in [-0.39, 0.29) is 0 Å². The largest absolute Gasteiger partial charge is 0.254 e. The maximum Gasteiger partial charge on any atom is 0.0351 e. The van der Waals surface area contributed by atoms with Gasteiger partial charge < -0.3 is 0 Å². The van der Waals surface area contributed by atoms with Gasteiger partial charge in [-0.3, -0.25) is 10.9 Å². The summed E-state index contributed by atoms with van der Waals surface area (Å²) < 4.78 is 0. The van der Waals surface area contributed by atoms with E-state index in [1.807, 2.05) is 6.08 Å². The topological polar surface area (TPSA) is 24.1 Å². The van der Waals surface area contributed by atoms with Gasteiger partial charge in [0, 0.05) is 13.1 Å². The molecule has 0 saturated carbocycles. The molecule has 0 unspecified atom stereocenters. The predicted molar refractivity (Wildman–Crippen MR) is 23.8 cm³/mol. The maximum absolute atomic E-state index is 2.99. The first-order valence-corrected chi connectivity index (χ1v) is 2.01. The Bertz CT molecular complexity index is 50.6. The second kappa shape index (κ2) is 1.95. The van der Waals surface area contributed by atoms with E-state index in [1.165, 1.54) is 0 Å². The zero-order chi connectivity index (χ0) is 4.24. The highest BCUT2D eigenvalue weighted by molar-refractivity contribution is 4.80. The first-order valence-electron chi connectivity index (χ1n) is 2.01. The molecule has 0 bridgehead atoms. The molecule has 0 aliphatic carbocycles. The van der Waals surface area contributed by atoms with Gasteiger partial charge in [0.1, 0.15) is 0 Å². The fourth-order valence-electron chi connectivity index (χ4n) is 0.381. The van der Waals surface area contributed by atoms with Crippen molar-refractivity contribution in [2.24, 2.45) is 0 Å². The van der Waals surface area contributed by atoms with Gasteiger partial charge in [0.05, 0.1) is 0 Å². The van der Waals surface area contributed by atoms with Crippen LogP contribution >= 0.6 is 0 Å². The van der Waals surface area contributed by atoms with E-state index >= 15 is 0 Å². The van der Waals surface area contributed by atoms with Crippen LogP contribution in [0.3, 0.4) is 0 Å². The molecule has 0 amide bonds. The molecule has 0 atom stereocenters. The van der Waals surface area contributed by atoms with Crippen LogP contribution in [0.25, 0.3) is 0 Å². The van der Waals surface area contributed by atoms with Gasteiger partial charge in [-0.05, 0) is 6.08 Å². The van der Waals surface area contributed by atoms with Crippen LogP contribution in [0.2, 0.25) is 0 Å². The fourth-order valence-corrected chi connectivity index (χ4v) is 0.381. The summed E-state index contributed by atoms with van der Waals surface area (Å²) in [5.74, 6) is 0. The average molecular weight is 83.1 g/mol. The molecule has 0 fully saturated rings. The molecule has 2 heteroatoms. The molecule has 1 aliphatic rings. The van der Waals surface area contributed by atoms with E-state index in [0.717, 1.165) is 13.1 Å². The minimum absolute atomic E-state index is 0.833. The van der Waals surface area contributed by atoms with Crippen LogP contribution in [-0.4, -0.2) is 13.1 Å². The van der Waals surface area contributed by atoms with Crippen LogP contribution in [0.5, 0.6) is 0 Å². The second-order valence-electron chi connectivity index (χ2n) is 1.14. The molecule has 1 aliphatic heterocycles. The minimum Gasteiger partial charge on any atom is -0.254 e. The summed E-state index contributed by atoms with van der Waals surface area (Å²) in [6.07, 6.45) is 4.95. The van der Waals surface area contributed by atoms with Crippen molar-refractivity contribution in [1.82, 2.24) is 10.9 Å². The molecule has 0 aromatic carbocycles. The van der Waals surface area contributed by atoms with Crippen molar-refractivity contribution in [2.75, 3.05) is 13.1 Å². The molecule has 0 saturated heterocycles. The van der Waals surface area contributed by atoms with Crippen molar-refractivity contribution in [3.8, 4) is 0 Å². The number of hydrogen-bond donors (Lipinski definition) is 2. The van der Waals surface area contributed by atoms with Gasteiger partial charge in [0.2, 0.25) is 0 Å². The summed E-state index contributed by atoms with van der Waals surface area (Å²) in [5.41, 5.74) is 5.81. The summed E-state index contributed by atoms with van der Waals surface area (Å²) >= 11 is 0. The Morgan fingerprint density at radius 3 is 2.67 bits per heavy atom. The quantitative estimate of drug-likeness (QED) is 0.411. The van der Waals surface area contributed by atoms with E-state index in [4.69, 9.17) is 0 Å². The summed E-state index contributed by atoms with van der Waals surface area (Å²) in [6, 6.07) is 0. The Kier molecular flexibility index (Phi) is 1.25. The zero-order valence-electron chi connectivity index (χ0n) is 3.49. The molecule has 0 aromatic heterocycles. The SMILES string of the molecule is [C]1=CCNNC1. The number of rotatable bonds is 0. The van der Waals surface area contributed by atoms with Gasteiger partial charge in [-0.2, -0.15) is 0 Å². The van der Waals surface area contributed by atoms with Crippen molar-refractivity contribution in [3.63, 3.8) is 0 Å². The monoisotopic (exact) mass is 83.1 g/mol. The van der Waals surface area contributed by atoms with Gasteiger partial charge in [0.25, 0.3) is 0 Å². The van der Waals surface area contributed by atoms with Crippen LogP contribution in [0, 0.1) is 6.08 Å². The van der Waals surface area contributed by atoms with Gasteiger partial charge >= 0.3 is 0 Å². The third-order valence-corrected chi connectivity index (χ3v) is 0.664. The summed E-state index contributed by atoms with van der Waals surface area (Å²) in [4.78, 5) is 0. The molecule has 1 heterocycles. The molecule has 0 spiro atoms. The fraction of sp³-hybridized carbons (Fsp3) is 0.500. The van der Waals surface area contributed by atoms with Crippen molar-refractivity contribution in [3.05, 3.63) is 12.2 Å². The summed E-state index contributed by atoms with van der Waals surface area (Å²) in [6.45, 7) is 1.74. The highest BCUT2D eigenvalue weighted by Gasteiger charge is 1.82. The Labute approximate surface area is 37.2 Å². The van der Waals surface area contributed by atoms with Gasteiger partial charge in [-0.25, -0.2) is 0 Å².